The van der Waals surface area contributed by atoms with E-state index in [1.54, 1.807) is 12.1 Å². The molecule has 0 radical (unpaired) electrons. The van der Waals surface area contributed by atoms with Gasteiger partial charge in [0, 0.05) is 6.04 Å². The molecule has 1 aliphatic carbocycles. The van der Waals surface area contributed by atoms with Crippen molar-refractivity contribution in [3.8, 4) is 0 Å². The molecule has 21 heavy (non-hydrogen) atoms. The van der Waals surface area contributed by atoms with Gasteiger partial charge in [-0.25, -0.2) is 4.79 Å². The van der Waals surface area contributed by atoms with Crippen LogP contribution in [0.2, 0.25) is 0 Å². The number of nitrogens with one attached hydrogen (secondary N) is 2. The van der Waals surface area contributed by atoms with Crippen LogP contribution in [0.1, 0.15) is 53.6 Å². The maximum Gasteiger partial charge on any atom is 0.345 e. The van der Waals surface area contributed by atoms with Crippen LogP contribution < -0.4 is 10.7 Å². The van der Waals surface area contributed by atoms with Crippen molar-refractivity contribution in [2.24, 2.45) is 5.10 Å². The van der Waals surface area contributed by atoms with Gasteiger partial charge in [0.15, 0.2) is 5.11 Å². The molecule has 5 nitrogen and oxygen atoms in total. The molecule has 1 fully saturated rings. The lowest BCUT2D eigenvalue weighted by molar-refractivity contribution is 0.0702. The number of hydrazone groups is 1. The van der Waals surface area contributed by atoms with Crippen LogP contribution in [-0.2, 0) is 0 Å². The first-order valence-electron chi connectivity index (χ1n) is 7.00. The molecule has 0 aromatic carbocycles. The Bertz CT molecular complexity index is 548. The van der Waals surface area contributed by atoms with E-state index < -0.39 is 5.97 Å². The van der Waals surface area contributed by atoms with E-state index in [4.69, 9.17) is 17.3 Å². The molecule has 3 N–H and O–H groups in total. The Morgan fingerprint density at radius 1 is 1.33 bits per heavy atom. The molecule has 2 rings (SSSR count). The van der Waals surface area contributed by atoms with Crippen molar-refractivity contribution in [1.29, 1.82) is 0 Å². The van der Waals surface area contributed by atoms with Crippen molar-refractivity contribution >= 4 is 40.3 Å². The molecule has 0 spiro atoms. The lowest BCUT2D eigenvalue weighted by Crippen LogP contribution is -2.41. The molecular formula is C14H19N3O2S2. The van der Waals surface area contributed by atoms with Crippen LogP contribution in [0, 0.1) is 0 Å². The van der Waals surface area contributed by atoms with E-state index in [2.05, 4.69) is 15.8 Å². The van der Waals surface area contributed by atoms with Gasteiger partial charge < -0.3 is 10.4 Å². The number of hydrogen-bond acceptors (Lipinski definition) is 4. The van der Waals surface area contributed by atoms with Crippen LogP contribution in [0.4, 0.5) is 0 Å². The summed E-state index contributed by atoms with van der Waals surface area (Å²) in [5, 5.41) is 16.9. The number of carboxylic acids is 1. The number of aromatic carboxylic acids is 1. The third-order valence-corrected chi connectivity index (χ3v) is 4.83. The molecule has 1 aromatic heterocycles. The average molecular weight is 325 g/mol. The van der Waals surface area contributed by atoms with Crippen LogP contribution in [0.3, 0.4) is 0 Å². The van der Waals surface area contributed by atoms with Crippen molar-refractivity contribution in [2.75, 3.05) is 0 Å². The summed E-state index contributed by atoms with van der Waals surface area (Å²) in [6.07, 6.45) is 6.10. The first-order chi connectivity index (χ1) is 10.1. The fourth-order valence-corrected chi connectivity index (χ4v) is 3.30. The number of rotatable bonds is 4. The Kier molecular flexibility index (Phi) is 5.69. The van der Waals surface area contributed by atoms with Gasteiger partial charge in [-0.1, -0.05) is 19.3 Å². The molecule has 114 valence electrons. The van der Waals surface area contributed by atoms with Crippen molar-refractivity contribution in [3.63, 3.8) is 0 Å². The van der Waals surface area contributed by atoms with Gasteiger partial charge >= 0.3 is 5.97 Å². The normalized spacial score (nSPS) is 16.5. The summed E-state index contributed by atoms with van der Waals surface area (Å²) in [6.45, 7) is 1.83. The Labute approximate surface area is 133 Å². The lowest BCUT2D eigenvalue weighted by Gasteiger charge is -2.23. The van der Waals surface area contributed by atoms with Crippen LogP contribution in [0.5, 0.6) is 0 Å². The second kappa shape index (κ2) is 7.51. The van der Waals surface area contributed by atoms with Crippen molar-refractivity contribution in [2.45, 2.75) is 45.1 Å². The Hall–Kier alpha value is -1.47. The minimum atomic E-state index is -0.915. The van der Waals surface area contributed by atoms with E-state index in [9.17, 15) is 4.79 Å². The van der Waals surface area contributed by atoms with Gasteiger partial charge in [-0.15, -0.1) is 11.3 Å². The molecule has 0 saturated heterocycles. The second-order valence-corrected chi connectivity index (χ2v) is 6.58. The van der Waals surface area contributed by atoms with Crippen LogP contribution in [0.15, 0.2) is 17.2 Å². The van der Waals surface area contributed by atoms with E-state index in [1.807, 2.05) is 6.92 Å². The van der Waals surface area contributed by atoms with Gasteiger partial charge in [-0.2, -0.15) is 5.10 Å². The molecule has 0 aliphatic heterocycles. The standard InChI is InChI=1S/C14H19N3O2S2/c1-9(11-7-8-12(21-11)13(18)19)16-17-14(20)15-10-5-3-2-4-6-10/h7-8,10H,2-6H2,1H3,(H,18,19)(H2,15,17,20)/b16-9-. The summed E-state index contributed by atoms with van der Waals surface area (Å²) < 4.78 is 0. The first-order valence-corrected chi connectivity index (χ1v) is 8.23. The predicted octanol–water partition coefficient (Wildman–Crippen LogP) is 2.97. The molecule has 1 saturated carbocycles. The van der Waals surface area contributed by atoms with Crippen LogP contribution >= 0.6 is 23.6 Å². The third kappa shape index (κ3) is 4.78. The SMILES string of the molecule is C/C(=N/NC(=S)NC1CCCCC1)c1ccc(C(=O)O)s1. The number of thiocarbonyl (C=S) groups is 1. The molecule has 1 heterocycles. The largest absolute Gasteiger partial charge is 0.477 e. The molecule has 1 aliphatic rings. The summed E-state index contributed by atoms with van der Waals surface area (Å²) in [7, 11) is 0. The Morgan fingerprint density at radius 3 is 2.62 bits per heavy atom. The van der Waals surface area contributed by atoms with E-state index >= 15 is 0 Å². The topological polar surface area (TPSA) is 73.7 Å². The second-order valence-electron chi connectivity index (χ2n) is 5.09. The summed E-state index contributed by atoms with van der Waals surface area (Å²) in [6, 6.07) is 3.78. The predicted molar refractivity (Wildman–Crippen MR) is 89.2 cm³/mol. The van der Waals surface area contributed by atoms with E-state index in [0.717, 1.165) is 23.4 Å². The van der Waals surface area contributed by atoms with Gasteiger partial charge in [-0.05, 0) is 44.1 Å². The zero-order valence-electron chi connectivity index (χ0n) is 11.9. The fraction of sp³-hybridized carbons (Fsp3) is 0.500. The summed E-state index contributed by atoms with van der Waals surface area (Å²) >= 11 is 6.43. The van der Waals surface area contributed by atoms with Gasteiger partial charge in [0.2, 0.25) is 0 Å². The quantitative estimate of drug-likeness (QED) is 0.451. The van der Waals surface area contributed by atoms with Crippen molar-refractivity contribution < 1.29 is 9.90 Å². The Balaban J connectivity index is 1.86. The first kappa shape index (κ1) is 15.9. The highest BCUT2D eigenvalue weighted by Crippen LogP contribution is 2.18. The minimum absolute atomic E-state index is 0.308. The van der Waals surface area contributed by atoms with E-state index in [0.29, 0.717) is 16.0 Å². The van der Waals surface area contributed by atoms with Gasteiger partial charge in [0.05, 0.1) is 10.6 Å². The molecular weight excluding hydrogens is 306 g/mol. The number of hydrogen-bond donors (Lipinski definition) is 3. The zero-order chi connectivity index (χ0) is 15.2. The molecule has 0 amide bonds. The average Bonchev–Trinajstić information content (AvgIpc) is 2.96. The maximum atomic E-state index is 10.8. The van der Waals surface area contributed by atoms with Crippen molar-refractivity contribution in [1.82, 2.24) is 10.7 Å². The zero-order valence-corrected chi connectivity index (χ0v) is 13.5. The number of carbonyl (C=O) groups is 1. The lowest BCUT2D eigenvalue weighted by atomic mass is 9.96. The van der Waals surface area contributed by atoms with Crippen LogP contribution in [0.25, 0.3) is 0 Å². The molecule has 0 unspecified atom stereocenters. The van der Waals surface area contributed by atoms with E-state index in [1.165, 1.54) is 30.6 Å². The highest BCUT2D eigenvalue weighted by molar-refractivity contribution is 7.80. The highest BCUT2D eigenvalue weighted by atomic mass is 32.1. The third-order valence-electron chi connectivity index (χ3n) is 3.44. The smallest absolute Gasteiger partial charge is 0.345 e. The molecule has 1 aromatic rings. The minimum Gasteiger partial charge on any atom is -0.477 e. The number of carboxylic acid groups (broad SMARTS) is 1. The van der Waals surface area contributed by atoms with Gasteiger partial charge in [0.1, 0.15) is 4.88 Å². The molecule has 7 heteroatoms. The Morgan fingerprint density at radius 2 is 2.00 bits per heavy atom. The molecule has 0 bridgehead atoms. The maximum absolute atomic E-state index is 10.8. The van der Waals surface area contributed by atoms with Crippen LogP contribution in [-0.4, -0.2) is 27.9 Å². The monoisotopic (exact) mass is 325 g/mol. The summed E-state index contributed by atoms with van der Waals surface area (Å²) in [5.41, 5.74) is 3.56. The summed E-state index contributed by atoms with van der Waals surface area (Å²) in [5.74, 6) is -0.915. The number of thiophene rings is 1. The van der Waals surface area contributed by atoms with Crippen molar-refractivity contribution in [3.05, 3.63) is 21.9 Å². The highest BCUT2D eigenvalue weighted by Gasteiger charge is 2.14. The fourth-order valence-electron chi connectivity index (χ4n) is 2.30. The van der Waals surface area contributed by atoms with E-state index in [-0.39, 0.29) is 0 Å². The van der Waals surface area contributed by atoms with Gasteiger partial charge in [0.25, 0.3) is 0 Å². The molecule has 0 atom stereocenters. The van der Waals surface area contributed by atoms with Gasteiger partial charge in [-0.3, -0.25) is 5.43 Å². The number of nitrogens with zero attached hydrogens (tertiary/aromatic N) is 1. The summed E-state index contributed by atoms with van der Waals surface area (Å²) in [4.78, 5) is 12.0.